The number of likely N-dealkylation sites (N-methyl/N-ethyl adjacent to an activating group) is 1. The van der Waals surface area contributed by atoms with Crippen molar-refractivity contribution in [1.29, 1.82) is 0 Å². The van der Waals surface area contributed by atoms with Gasteiger partial charge in [0.2, 0.25) is 0 Å². The number of ether oxygens (including phenoxy) is 2. The van der Waals surface area contributed by atoms with Crippen molar-refractivity contribution in [2.45, 2.75) is 245 Å². The molecule has 8 nitrogen and oxygen atoms in total. The molecular weight excluding hydrogens is 770 g/mol. The topological polar surface area (TPSA) is 91.3 Å². The van der Waals surface area contributed by atoms with Crippen LogP contribution in [0.4, 0.5) is 0 Å². The Bertz CT molecular complexity index is 1010. The van der Waals surface area contributed by atoms with E-state index in [1.54, 1.807) is 0 Å². The predicted octanol–water partition coefficient (Wildman–Crippen LogP) is 15.6. The van der Waals surface area contributed by atoms with E-state index in [-0.39, 0.29) is 25.8 Å². The first kappa shape index (κ1) is 59.0. The molecule has 0 aromatic heterocycles. The number of carbonyl (C=O) groups is 1. The SMILES string of the molecule is CCCCCCCCC/C=C\CCCCCCCCOCC(COP(=O)(O)OCC[N+](C)(C)C)OC(=O)CCCCCCCCCCC/C=C\CCCCCCCCCC. The average Bonchev–Trinajstić information content (AvgIpc) is 3.20. The van der Waals surface area contributed by atoms with Crippen LogP contribution in [0, 0.1) is 0 Å². The quantitative estimate of drug-likeness (QED) is 0.0214. The van der Waals surface area contributed by atoms with Crippen LogP contribution in [0.25, 0.3) is 0 Å². The molecule has 2 unspecified atom stereocenters. The van der Waals surface area contributed by atoms with Crippen molar-refractivity contribution in [2.24, 2.45) is 0 Å². The molecule has 356 valence electrons. The first-order valence-electron chi connectivity index (χ1n) is 25.6. The number of phosphoric ester groups is 1. The van der Waals surface area contributed by atoms with Gasteiger partial charge >= 0.3 is 13.8 Å². The zero-order valence-corrected chi connectivity index (χ0v) is 41.4. The van der Waals surface area contributed by atoms with Gasteiger partial charge in [0.25, 0.3) is 0 Å². The van der Waals surface area contributed by atoms with Gasteiger partial charge in [-0.3, -0.25) is 13.8 Å². The van der Waals surface area contributed by atoms with Gasteiger partial charge in [-0.15, -0.1) is 0 Å². The first-order chi connectivity index (χ1) is 29.1. The molecular formula is C51H101NO7P+. The monoisotopic (exact) mass is 871 g/mol. The second kappa shape index (κ2) is 44.6. The van der Waals surface area contributed by atoms with Crippen molar-refractivity contribution in [1.82, 2.24) is 0 Å². The molecule has 1 N–H and O–H groups in total. The summed E-state index contributed by atoms with van der Waals surface area (Å²) in [5.74, 6) is -0.314. The molecule has 0 aromatic rings. The lowest BCUT2D eigenvalue weighted by molar-refractivity contribution is -0.870. The molecule has 0 saturated heterocycles. The fourth-order valence-electron chi connectivity index (χ4n) is 7.25. The van der Waals surface area contributed by atoms with Crippen molar-refractivity contribution < 1.29 is 37.3 Å². The normalized spacial score (nSPS) is 13.8. The summed E-state index contributed by atoms with van der Waals surface area (Å²) in [6.45, 7) is 5.64. The number of hydrogen-bond acceptors (Lipinski definition) is 6. The Balaban J connectivity index is 4.14. The van der Waals surface area contributed by atoms with Crippen molar-refractivity contribution in [3.05, 3.63) is 24.3 Å². The highest BCUT2D eigenvalue weighted by Gasteiger charge is 2.26. The summed E-state index contributed by atoms with van der Waals surface area (Å²) < 4.78 is 35.1. The number of phosphoric acid groups is 1. The highest BCUT2D eigenvalue weighted by molar-refractivity contribution is 7.47. The molecule has 0 rings (SSSR count). The van der Waals surface area contributed by atoms with Crippen LogP contribution in [-0.2, 0) is 27.9 Å². The number of esters is 1. The predicted molar refractivity (Wildman–Crippen MR) is 257 cm³/mol. The molecule has 2 atom stereocenters. The van der Waals surface area contributed by atoms with E-state index in [4.69, 9.17) is 18.5 Å². The number of unbranched alkanes of at least 4 members (excludes halogenated alkanes) is 30. The smallest absolute Gasteiger partial charge is 0.457 e. The van der Waals surface area contributed by atoms with Gasteiger partial charge in [-0.05, 0) is 64.2 Å². The number of quaternary nitrogens is 1. The van der Waals surface area contributed by atoms with Gasteiger partial charge in [-0.25, -0.2) is 4.57 Å². The van der Waals surface area contributed by atoms with Crippen LogP contribution in [0.15, 0.2) is 24.3 Å². The number of allylic oxidation sites excluding steroid dienone is 4. The highest BCUT2D eigenvalue weighted by Crippen LogP contribution is 2.43. The van der Waals surface area contributed by atoms with Crippen molar-refractivity contribution >= 4 is 13.8 Å². The Morgan fingerprint density at radius 2 is 0.867 bits per heavy atom. The zero-order valence-electron chi connectivity index (χ0n) is 40.5. The standard InChI is InChI=1S/C51H100NO7P/c1-6-8-10-12-14-16-18-20-22-24-25-26-27-28-30-32-34-36-38-40-42-44-51(53)59-50(49-58-60(54,55)57-47-45-52(3,4)5)48-56-46-43-41-39-37-35-33-31-29-23-21-19-17-15-13-11-9-7-2/h23-25,29,50H,6-22,26-28,30-49H2,1-5H3/p+1/b25-24-,29-23-. The van der Waals surface area contributed by atoms with Gasteiger partial charge in [-0.2, -0.15) is 0 Å². The summed E-state index contributed by atoms with van der Waals surface area (Å²) in [6, 6.07) is 0. The van der Waals surface area contributed by atoms with Gasteiger partial charge in [0.05, 0.1) is 34.4 Å². The van der Waals surface area contributed by atoms with E-state index < -0.39 is 13.9 Å². The van der Waals surface area contributed by atoms with E-state index >= 15 is 0 Å². The molecule has 0 bridgehead atoms. The molecule has 0 amide bonds. The molecule has 0 saturated carbocycles. The summed E-state index contributed by atoms with van der Waals surface area (Å²) in [4.78, 5) is 23.0. The lowest BCUT2D eigenvalue weighted by Gasteiger charge is -2.24. The Morgan fingerprint density at radius 1 is 0.500 bits per heavy atom. The van der Waals surface area contributed by atoms with Gasteiger partial charge in [0, 0.05) is 13.0 Å². The van der Waals surface area contributed by atoms with E-state index in [1.165, 1.54) is 186 Å². The Labute approximate surface area is 373 Å². The van der Waals surface area contributed by atoms with E-state index in [9.17, 15) is 14.3 Å². The van der Waals surface area contributed by atoms with Gasteiger partial charge < -0.3 is 18.9 Å². The third kappa shape index (κ3) is 48.0. The lowest BCUT2D eigenvalue weighted by Crippen LogP contribution is -2.37. The number of hydrogen-bond donors (Lipinski definition) is 1. The van der Waals surface area contributed by atoms with Crippen LogP contribution >= 0.6 is 7.82 Å². The molecule has 0 radical (unpaired) electrons. The second-order valence-electron chi connectivity index (χ2n) is 18.5. The minimum atomic E-state index is -4.28. The van der Waals surface area contributed by atoms with E-state index in [2.05, 4.69) is 38.2 Å². The van der Waals surface area contributed by atoms with Gasteiger partial charge in [0.1, 0.15) is 19.3 Å². The van der Waals surface area contributed by atoms with Gasteiger partial charge in [0.15, 0.2) is 0 Å². The third-order valence-corrected chi connectivity index (χ3v) is 12.2. The molecule has 9 heteroatoms. The molecule has 0 heterocycles. The molecule has 0 aromatic carbocycles. The minimum Gasteiger partial charge on any atom is -0.457 e. The molecule has 0 aliphatic heterocycles. The lowest BCUT2D eigenvalue weighted by atomic mass is 10.1. The minimum absolute atomic E-state index is 0.0886. The zero-order chi connectivity index (χ0) is 44.1. The molecule has 0 aliphatic carbocycles. The largest absolute Gasteiger partial charge is 0.472 e. The van der Waals surface area contributed by atoms with Crippen molar-refractivity contribution in [3.63, 3.8) is 0 Å². The second-order valence-corrected chi connectivity index (χ2v) is 20.0. The summed E-state index contributed by atoms with van der Waals surface area (Å²) in [5, 5.41) is 0. The molecule has 0 fully saturated rings. The Kier molecular flexibility index (Phi) is 43.8. The van der Waals surface area contributed by atoms with E-state index in [0.29, 0.717) is 24.1 Å². The fourth-order valence-corrected chi connectivity index (χ4v) is 7.99. The number of carbonyl (C=O) groups excluding carboxylic acids is 1. The summed E-state index contributed by atoms with van der Waals surface area (Å²) >= 11 is 0. The number of nitrogens with zero attached hydrogens (tertiary/aromatic N) is 1. The average molecular weight is 871 g/mol. The summed E-state index contributed by atoms with van der Waals surface area (Å²) in [5.41, 5.74) is 0. The van der Waals surface area contributed by atoms with Gasteiger partial charge in [-0.1, -0.05) is 192 Å². The maximum atomic E-state index is 12.8. The van der Waals surface area contributed by atoms with Crippen LogP contribution in [0.1, 0.15) is 239 Å². The van der Waals surface area contributed by atoms with E-state index in [1.807, 2.05) is 21.1 Å². The molecule has 0 spiro atoms. The Hall–Kier alpha value is -1.02. The van der Waals surface area contributed by atoms with Crippen LogP contribution in [0.3, 0.4) is 0 Å². The van der Waals surface area contributed by atoms with Crippen molar-refractivity contribution in [3.8, 4) is 0 Å². The first-order valence-corrected chi connectivity index (χ1v) is 27.1. The summed E-state index contributed by atoms with van der Waals surface area (Å²) in [7, 11) is 1.67. The van der Waals surface area contributed by atoms with Crippen LogP contribution in [-0.4, -0.2) is 75.6 Å². The van der Waals surface area contributed by atoms with Crippen molar-refractivity contribution in [2.75, 3.05) is 54.1 Å². The molecule has 0 aliphatic rings. The summed E-state index contributed by atoms with van der Waals surface area (Å²) in [6.07, 6.45) is 52.2. The maximum Gasteiger partial charge on any atom is 0.472 e. The number of rotatable bonds is 48. The highest BCUT2D eigenvalue weighted by atomic mass is 31.2. The molecule has 60 heavy (non-hydrogen) atoms. The Morgan fingerprint density at radius 3 is 1.27 bits per heavy atom. The van der Waals surface area contributed by atoms with Crippen LogP contribution in [0.2, 0.25) is 0 Å². The van der Waals surface area contributed by atoms with Crippen LogP contribution < -0.4 is 0 Å². The third-order valence-electron chi connectivity index (χ3n) is 11.2. The maximum absolute atomic E-state index is 12.8. The fraction of sp³-hybridized carbons (Fsp3) is 0.902. The van der Waals surface area contributed by atoms with E-state index in [0.717, 1.165) is 32.1 Å². The van der Waals surface area contributed by atoms with Crippen LogP contribution in [0.5, 0.6) is 0 Å².